The zero-order valence-corrected chi connectivity index (χ0v) is 7.60. The summed E-state index contributed by atoms with van der Waals surface area (Å²) in [6.45, 7) is 1.44. The molecule has 2 nitrogen and oxygen atoms in total. The van der Waals surface area contributed by atoms with E-state index in [-0.39, 0.29) is 0 Å². The van der Waals surface area contributed by atoms with Gasteiger partial charge in [0, 0.05) is 6.04 Å². The SMILES string of the molecule is CC=O.CNC1CCCCC1. The van der Waals surface area contributed by atoms with Gasteiger partial charge < -0.3 is 10.1 Å². The lowest BCUT2D eigenvalue weighted by atomic mass is 9.96. The quantitative estimate of drug-likeness (QED) is 0.587. The second-order valence-electron chi connectivity index (χ2n) is 2.86. The number of rotatable bonds is 1. The number of hydrogen-bond acceptors (Lipinski definition) is 2. The summed E-state index contributed by atoms with van der Waals surface area (Å²) in [6.07, 6.45) is 7.88. The molecule has 1 rings (SSSR count). The molecule has 1 fully saturated rings. The lowest BCUT2D eigenvalue weighted by molar-refractivity contribution is -0.106. The molecule has 0 atom stereocenters. The lowest BCUT2D eigenvalue weighted by Gasteiger charge is -2.20. The van der Waals surface area contributed by atoms with E-state index in [1.165, 1.54) is 39.0 Å². The van der Waals surface area contributed by atoms with Gasteiger partial charge in [0.15, 0.2) is 0 Å². The smallest absolute Gasteiger partial charge is 0.116 e. The van der Waals surface area contributed by atoms with Gasteiger partial charge in [0.1, 0.15) is 6.29 Å². The summed E-state index contributed by atoms with van der Waals surface area (Å²) in [6, 6.07) is 0.837. The maximum atomic E-state index is 8.81. The van der Waals surface area contributed by atoms with Crippen LogP contribution < -0.4 is 5.32 Å². The molecule has 0 aromatic rings. The molecule has 0 aliphatic heterocycles. The van der Waals surface area contributed by atoms with E-state index in [1.807, 2.05) is 0 Å². The van der Waals surface area contributed by atoms with Crippen LogP contribution in [-0.2, 0) is 4.79 Å². The van der Waals surface area contributed by atoms with Crippen molar-refractivity contribution in [3.63, 3.8) is 0 Å². The van der Waals surface area contributed by atoms with Crippen molar-refractivity contribution in [2.45, 2.75) is 45.1 Å². The normalized spacial score (nSPS) is 18.4. The summed E-state index contributed by atoms with van der Waals surface area (Å²) in [5, 5.41) is 3.30. The molecule has 1 aliphatic rings. The Morgan fingerprint density at radius 1 is 1.27 bits per heavy atom. The zero-order valence-electron chi connectivity index (χ0n) is 7.60. The first-order chi connectivity index (χ1) is 5.35. The van der Waals surface area contributed by atoms with Crippen LogP contribution in [0.2, 0.25) is 0 Å². The van der Waals surface area contributed by atoms with Crippen LogP contribution >= 0.6 is 0 Å². The van der Waals surface area contributed by atoms with E-state index in [4.69, 9.17) is 4.79 Å². The fourth-order valence-corrected chi connectivity index (χ4v) is 1.39. The Labute approximate surface area is 69.4 Å². The van der Waals surface area contributed by atoms with Crippen molar-refractivity contribution in [1.82, 2.24) is 5.32 Å². The van der Waals surface area contributed by atoms with Gasteiger partial charge >= 0.3 is 0 Å². The molecule has 0 heterocycles. The maximum absolute atomic E-state index is 8.81. The number of carbonyl (C=O) groups is 1. The molecule has 0 aromatic heterocycles. The molecule has 1 aliphatic carbocycles. The van der Waals surface area contributed by atoms with Crippen molar-refractivity contribution >= 4 is 6.29 Å². The Bertz CT molecular complexity index is 87.6. The third-order valence-electron chi connectivity index (χ3n) is 2.01. The molecule has 66 valence electrons. The minimum atomic E-state index is 0.750. The predicted molar refractivity (Wildman–Crippen MR) is 47.7 cm³/mol. The fourth-order valence-electron chi connectivity index (χ4n) is 1.39. The van der Waals surface area contributed by atoms with E-state index in [0.717, 1.165) is 12.3 Å². The fraction of sp³-hybridized carbons (Fsp3) is 0.889. The largest absolute Gasteiger partial charge is 0.317 e. The number of aldehydes is 1. The minimum absolute atomic E-state index is 0.750. The molecule has 0 spiro atoms. The number of nitrogens with one attached hydrogen (secondary N) is 1. The first-order valence-electron chi connectivity index (χ1n) is 4.42. The monoisotopic (exact) mass is 157 g/mol. The van der Waals surface area contributed by atoms with Crippen LogP contribution in [0.25, 0.3) is 0 Å². The Balaban J connectivity index is 0.000000292. The van der Waals surface area contributed by atoms with E-state index in [0.29, 0.717) is 0 Å². The van der Waals surface area contributed by atoms with Gasteiger partial charge in [-0.25, -0.2) is 0 Å². The standard InChI is InChI=1S/C7H15N.C2H4O/c1-8-7-5-3-2-4-6-7;1-2-3/h7-8H,2-6H2,1H3;2H,1H3. The molecule has 2 heteroatoms. The highest BCUT2D eigenvalue weighted by Gasteiger charge is 2.09. The molecule has 1 saturated carbocycles. The molecular weight excluding hydrogens is 138 g/mol. The highest BCUT2D eigenvalue weighted by molar-refractivity contribution is 5.44. The Morgan fingerprint density at radius 3 is 2.00 bits per heavy atom. The summed E-state index contributed by atoms with van der Waals surface area (Å²) >= 11 is 0. The van der Waals surface area contributed by atoms with Crippen LogP contribution in [0.5, 0.6) is 0 Å². The highest BCUT2D eigenvalue weighted by atomic mass is 16.1. The predicted octanol–water partition coefficient (Wildman–Crippen LogP) is 1.74. The van der Waals surface area contributed by atoms with E-state index in [1.54, 1.807) is 0 Å². The zero-order chi connectivity index (χ0) is 8.53. The van der Waals surface area contributed by atoms with Crippen LogP contribution in [-0.4, -0.2) is 19.4 Å². The molecule has 0 amide bonds. The van der Waals surface area contributed by atoms with Crippen molar-refractivity contribution in [3.8, 4) is 0 Å². The van der Waals surface area contributed by atoms with Gasteiger partial charge in [-0.15, -0.1) is 0 Å². The van der Waals surface area contributed by atoms with Gasteiger partial charge in [-0.2, -0.15) is 0 Å². The van der Waals surface area contributed by atoms with E-state index >= 15 is 0 Å². The third-order valence-corrected chi connectivity index (χ3v) is 2.01. The number of carbonyl (C=O) groups excluding carboxylic acids is 1. The van der Waals surface area contributed by atoms with E-state index in [9.17, 15) is 0 Å². The molecule has 0 radical (unpaired) electrons. The Morgan fingerprint density at radius 2 is 1.73 bits per heavy atom. The average molecular weight is 157 g/mol. The summed E-state index contributed by atoms with van der Waals surface area (Å²) in [5.74, 6) is 0. The molecule has 0 saturated heterocycles. The summed E-state index contributed by atoms with van der Waals surface area (Å²) in [7, 11) is 2.07. The van der Waals surface area contributed by atoms with Crippen LogP contribution in [0.1, 0.15) is 39.0 Å². The van der Waals surface area contributed by atoms with Crippen LogP contribution in [0.3, 0.4) is 0 Å². The highest BCUT2D eigenvalue weighted by Crippen LogP contribution is 2.16. The minimum Gasteiger partial charge on any atom is -0.317 e. The summed E-state index contributed by atoms with van der Waals surface area (Å²) < 4.78 is 0. The number of hydrogen-bond donors (Lipinski definition) is 1. The van der Waals surface area contributed by atoms with Crippen LogP contribution in [0, 0.1) is 0 Å². The Kier molecular flexibility index (Phi) is 7.47. The topological polar surface area (TPSA) is 29.1 Å². The average Bonchev–Trinajstić information content (AvgIpc) is 2.08. The molecule has 0 bridgehead atoms. The lowest BCUT2D eigenvalue weighted by Crippen LogP contribution is -2.26. The van der Waals surface area contributed by atoms with Crippen LogP contribution in [0.15, 0.2) is 0 Å². The molecule has 11 heavy (non-hydrogen) atoms. The van der Waals surface area contributed by atoms with Crippen molar-refractivity contribution in [3.05, 3.63) is 0 Å². The van der Waals surface area contributed by atoms with E-state index < -0.39 is 0 Å². The Hall–Kier alpha value is -0.370. The second kappa shape index (κ2) is 7.73. The van der Waals surface area contributed by atoms with Crippen molar-refractivity contribution < 1.29 is 4.79 Å². The molecule has 0 unspecified atom stereocenters. The molecular formula is C9H19NO. The van der Waals surface area contributed by atoms with Gasteiger partial charge in [-0.3, -0.25) is 0 Å². The maximum Gasteiger partial charge on any atom is 0.116 e. The van der Waals surface area contributed by atoms with Gasteiger partial charge in [-0.05, 0) is 26.8 Å². The van der Waals surface area contributed by atoms with E-state index in [2.05, 4.69) is 12.4 Å². The van der Waals surface area contributed by atoms with Crippen molar-refractivity contribution in [2.24, 2.45) is 0 Å². The first-order valence-corrected chi connectivity index (χ1v) is 4.42. The summed E-state index contributed by atoms with van der Waals surface area (Å²) in [4.78, 5) is 8.81. The molecule has 0 aromatic carbocycles. The van der Waals surface area contributed by atoms with Gasteiger partial charge in [0.25, 0.3) is 0 Å². The molecule has 1 N–H and O–H groups in total. The van der Waals surface area contributed by atoms with Gasteiger partial charge in [0.2, 0.25) is 0 Å². The van der Waals surface area contributed by atoms with Crippen molar-refractivity contribution in [2.75, 3.05) is 7.05 Å². The summed E-state index contributed by atoms with van der Waals surface area (Å²) in [5.41, 5.74) is 0. The third kappa shape index (κ3) is 6.05. The first kappa shape index (κ1) is 10.6. The van der Waals surface area contributed by atoms with Gasteiger partial charge in [-0.1, -0.05) is 19.3 Å². The van der Waals surface area contributed by atoms with Gasteiger partial charge in [0.05, 0.1) is 0 Å². The van der Waals surface area contributed by atoms with Crippen LogP contribution in [0.4, 0.5) is 0 Å². The van der Waals surface area contributed by atoms with Crippen molar-refractivity contribution in [1.29, 1.82) is 0 Å². The second-order valence-corrected chi connectivity index (χ2v) is 2.86.